The summed E-state index contributed by atoms with van der Waals surface area (Å²) in [6, 6.07) is 14.3. The summed E-state index contributed by atoms with van der Waals surface area (Å²) in [6.45, 7) is 1.33. The summed E-state index contributed by atoms with van der Waals surface area (Å²) in [5.41, 5.74) is 3.23. The maximum atomic E-state index is 14.0. The molecular formula is C27H24F2N4O2. The Kier molecular flexibility index (Phi) is 6.27. The fourth-order valence-corrected chi connectivity index (χ4v) is 4.50. The molecule has 0 aliphatic carbocycles. The van der Waals surface area contributed by atoms with Gasteiger partial charge in [-0.15, -0.1) is 0 Å². The molecule has 5 rings (SSSR count). The number of hydrogen-bond acceptors (Lipinski definition) is 3. The lowest BCUT2D eigenvalue weighted by Gasteiger charge is -2.32. The van der Waals surface area contributed by atoms with E-state index in [4.69, 9.17) is 0 Å². The fraction of sp³-hybridized carbons (Fsp3) is 0.222. The highest BCUT2D eigenvalue weighted by Gasteiger charge is 2.26. The van der Waals surface area contributed by atoms with E-state index in [1.54, 1.807) is 11.1 Å². The van der Waals surface area contributed by atoms with Crippen LogP contribution < -0.4 is 5.32 Å². The minimum absolute atomic E-state index is 0.155. The SMILES string of the molecule is O=C(NCc1ccn2ccnc2c1)c1ccc(C2CCN(C(=O)c3cc(F)ccc3F)CC2)cc1. The van der Waals surface area contributed by atoms with E-state index >= 15 is 0 Å². The number of halogens is 2. The van der Waals surface area contributed by atoms with Crippen LogP contribution in [0.5, 0.6) is 0 Å². The number of benzene rings is 2. The molecule has 0 radical (unpaired) electrons. The molecule has 1 fully saturated rings. The third-order valence-corrected chi connectivity index (χ3v) is 6.50. The first-order valence-corrected chi connectivity index (χ1v) is 11.5. The molecule has 0 bridgehead atoms. The van der Waals surface area contributed by atoms with E-state index in [1.807, 2.05) is 53.2 Å². The van der Waals surface area contributed by atoms with E-state index in [-0.39, 0.29) is 17.4 Å². The predicted octanol–water partition coefficient (Wildman–Crippen LogP) is 4.56. The van der Waals surface area contributed by atoms with Gasteiger partial charge in [-0.05, 0) is 72.4 Å². The van der Waals surface area contributed by atoms with Crippen LogP contribution in [0.1, 0.15) is 50.6 Å². The van der Waals surface area contributed by atoms with Crippen LogP contribution in [0.4, 0.5) is 8.78 Å². The maximum Gasteiger partial charge on any atom is 0.256 e. The molecule has 8 heteroatoms. The van der Waals surface area contributed by atoms with Crippen LogP contribution in [0.2, 0.25) is 0 Å². The summed E-state index contributed by atoms with van der Waals surface area (Å²) in [5.74, 6) is -1.76. The second kappa shape index (κ2) is 9.66. The molecule has 2 aromatic heterocycles. The molecule has 1 aliphatic heterocycles. The number of nitrogens with one attached hydrogen (secondary N) is 1. The minimum Gasteiger partial charge on any atom is -0.348 e. The van der Waals surface area contributed by atoms with Gasteiger partial charge in [0.05, 0.1) is 5.56 Å². The Morgan fingerprint density at radius 3 is 2.51 bits per heavy atom. The minimum atomic E-state index is -0.713. The van der Waals surface area contributed by atoms with Crippen molar-refractivity contribution in [3.8, 4) is 0 Å². The van der Waals surface area contributed by atoms with Crippen molar-refractivity contribution >= 4 is 17.5 Å². The largest absolute Gasteiger partial charge is 0.348 e. The average molecular weight is 475 g/mol. The summed E-state index contributed by atoms with van der Waals surface area (Å²) in [6.07, 6.45) is 6.93. The first kappa shape index (κ1) is 22.7. The molecule has 1 aliphatic rings. The third-order valence-electron chi connectivity index (χ3n) is 6.50. The van der Waals surface area contributed by atoms with Gasteiger partial charge in [-0.1, -0.05) is 12.1 Å². The van der Waals surface area contributed by atoms with E-state index in [9.17, 15) is 18.4 Å². The van der Waals surface area contributed by atoms with Gasteiger partial charge >= 0.3 is 0 Å². The van der Waals surface area contributed by atoms with E-state index in [0.717, 1.165) is 35.0 Å². The predicted molar refractivity (Wildman–Crippen MR) is 127 cm³/mol. The molecular weight excluding hydrogens is 450 g/mol. The van der Waals surface area contributed by atoms with Crippen molar-refractivity contribution in [2.24, 2.45) is 0 Å². The number of imidazole rings is 1. The smallest absolute Gasteiger partial charge is 0.256 e. The summed E-state index contributed by atoms with van der Waals surface area (Å²) in [4.78, 5) is 31.0. The van der Waals surface area contributed by atoms with Crippen molar-refractivity contribution in [2.75, 3.05) is 13.1 Å². The first-order valence-electron chi connectivity index (χ1n) is 11.5. The standard InChI is InChI=1S/C27H24F2N4O2/c28-22-5-6-24(29)23(16-22)27(35)33-12-8-20(9-13-33)19-1-3-21(4-2-19)26(34)31-17-18-7-11-32-14-10-30-25(32)15-18/h1-7,10-11,14-16,20H,8-9,12-13,17H2,(H,31,34). The number of hydrogen-bond donors (Lipinski definition) is 1. The van der Waals surface area contributed by atoms with Crippen LogP contribution >= 0.6 is 0 Å². The van der Waals surface area contributed by atoms with Crippen molar-refractivity contribution in [3.63, 3.8) is 0 Å². The zero-order valence-electron chi connectivity index (χ0n) is 19.0. The van der Waals surface area contributed by atoms with Crippen molar-refractivity contribution in [3.05, 3.63) is 107 Å². The maximum absolute atomic E-state index is 14.0. The van der Waals surface area contributed by atoms with Crippen LogP contribution in [-0.4, -0.2) is 39.2 Å². The molecule has 0 saturated carbocycles. The van der Waals surface area contributed by atoms with Crippen molar-refractivity contribution in [1.29, 1.82) is 0 Å². The van der Waals surface area contributed by atoms with Gasteiger partial charge in [0, 0.05) is 43.8 Å². The number of fused-ring (bicyclic) bond motifs is 1. The van der Waals surface area contributed by atoms with Gasteiger partial charge in [0.1, 0.15) is 17.3 Å². The average Bonchev–Trinajstić information content (AvgIpc) is 3.36. The topological polar surface area (TPSA) is 66.7 Å². The Labute approximate surface area is 201 Å². The van der Waals surface area contributed by atoms with Gasteiger partial charge in [0.15, 0.2) is 0 Å². The normalized spacial score (nSPS) is 14.3. The highest BCUT2D eigenvalue weighted by Crippen LogP contribution is 2.29. The lowest BCUT2D eigenvalue weighted by atomic mass is 9.88. The van der Waals surface area contributed by atoms with Gasteiger partial charge in [-0.3, -0.25) is 9.59 Å². The van der Waals surface area contributed by atoms with Crippen molar-refractivity contribution < 1.29 is 18.4 Å². The molecule has 1 saturated heterocycles. The number of carbonyl (C=O) groups excluding carboxylic acids is 2. The van der Waals surface area contributed by atoms with E-state index in [1.165, 1.54) is 0 Å². The molecule has 2 amide bonds. The number of likely N-dealkylation sites (tertiary alicyclic amines) is 1. The number of amides is 2. The van der Waals surface area contributed by atoms with Crippen molar-refractivity contribution in [1.82, 2.24) is 19.6 Å². The number of nitrogens with zero attached hydrogens (tertiary/aromatic N) is 3. The Morgan fingerprint density at radius 2 is 1.74 bits per heavy atom. The van der Waals surface area contributed by atoms with E-state index in [0.29, 0.717) is 38.0 Å². The first-order chi connectivity index (χ1) is 17.0. The molecule has 1 N–H and O–H groups in total. The Morgan fingerprint density at radius 1 is 0.971 bits per heavy atom. The molecule has 0 spiro atoms. The lowest BCUT2D eigenvalue weighted by molar-refractivity contribution is 0.0707. The second-order valence-electron chi connectivity index (χ2n) is 8.72. The third kappa shape index (κ3) is 4.91. The number of piperidine rings is 1. The zero-order chi connectivity index (χ0) is 24.4. The van der Waals surface area contributed by atoms with Crippen molar-refractivity contribution in [2.45, 2.75) is 25.3 Å². The van der Waals surface area contributed by atoms with E-state index in [2.05, 4.69) is 10.3 Å². The number of pyridine rings is 1. The van der Waals surface area contributed by atoms with Gasteiger partial charge < -0.3 is 14.6 Å². The Hall–Kier alpha value is -4.07. The van der Waals surface area contributed by atoms with Crippen LogP contribution in [0.25, 0.3) is 5.65 Å². The van der Waals surface area contributed by atoms with Gasteiger partial charge in [0.25, 0.3) is 11.8 Å². The summed E-state index contributed by atoms with van der Waals surface area (Å²) < 4.78 is 29.3. The molecule has 4 aromatic rings. The van der Waals surface area contributed by atoms with Crippen LogP contribution in [0, 0.1) is 11.6 Å². The quantitative estimate of drug-likeness (QED) is 0.461. The number of rotatable bonds is 5. The molecule has 3 heterocycles. The van der Waals surface area contributed by atoms with E-state index < -0.39 is 17.5 Å². The second-order valence-corrected chi connectivity index (χ2v) is 8.72. The molecule has 0 unspecified atom stereocenters. The highest BCUT2D eigenvalue weighted by molar-refractivity contribution is 5.95. The zero-order valence-corrected chi connectivity index (χ0v) is 19.0. The number of aromatic nitrogens is 2. The summed E-state index contributed by atoms with van der Waals surface area (Å²) in [5, 5.41) is 2.94. The number of carbonyl (C=O) groups is 2. The van der Waals surface area contributed by atoms with Gasteiger partial charge in [-0.25, -0.2) is 13.8 Å². The summed E-state index contributed by atoms with van der Waals surface area (Å²) in [7, 11) is 0. The molecule has 6 nitrogen and oxygen atoms in total. The molecule has 2 aromatic carbocycles. The van der Waals surface area contributed by atoms with Crippen LogP contribution in [-0.2, 0) is 6.54 Å². The van der Waals surface area contributed by atoms with Crippen LogP contribution in [0.3, 0.4) is 0 Å². The van der Waals surface area contributed by atoms with Crippen LogP contribution in [0.15, 0.2) is 73.2 Å². The monoisotopic (exact) mass is 474 g/mol. The van der Waals surface area contributed by atoms with Gasteiger partial charge in [0.2, 0.25) is 0 Å². The summed E-state index contributed by atoms with van der Waals surface area (Å²) >= 11 is 0. The fourth-order valence-electron chi connectivity index (χ4n) is 4.50. The Balaban J connectivity index is 1.16. The lowest BCUT2D eigenvalue weighted by Crippen LogP contribution is -2.38. The highest BCUT2D eigenvalue weighted by atomic mass is 19.1. The Bertz CT molecular complexity index is 1380. The molecule has 0 atom stereocenters. The molecule has 178 valence electrons. The van der Waals surface area contributed by atoms with Gasteiger partial charge in [-0.2, -0.15) is 0 Å². The molecule has 35 heavy (non-hydrogen) atoms.